The third-order valence-electron chi connectivity index (χ3n) is 2.40. The van der Waals surface area contributed by atoms with Gasteiger partial charge in [-0.2, -0.15) is 0 Å². The van der Waals surface area contributed by atoms with E-state index in [4.69, 9.17) is 19.4 Å². The minimum absolute atomic E-state index is 0.0386. The van der Waals surface area contributed by atoms with Crippen LogP contribution in [0.4, 0.5) is 0 Å². The third-order valence-corrected chi connectivity index (χ3v) is 2.40. The van der Waals surface area contributed by atoms with Crippen molar-refractivity contribution < 1.29 is 29.0 Å². The normalized spacial score (nSPS) is 19.9. The number of methoxy groups -OCH3 is 2. The lowest BCUT2D eigenvalue weighted by atomic mass is 10.1. The molecule has 1 aliphatic heterocycles. The molecule has 102 valence electrons. The van der Waals surface area contributed by atoms with Gasteiger partial charge in [0.1, 0.15) is 0 Å². The Labute approximate surface area is 104 Å². The van der Waals surface area contributed by atoms with Crippen molar-refractivity contribution in [2.45, 2.75) is 18.6 Å². The summed E-state index contributed by atoms with van der Waals surface area (Å²) in [7, 11) is 3.04. The highest BCUT2D eigenvalue weighted by Gasteiger charge is 2.31. The number of hydrogen-bond donors (Lipinski definition) is 2. The number of carboxylic acid groups (broad SMARTS) is 1. The Hall–Kier alpha value is -1.67. The summed E-state index contributed by atoms with van der Waals surface area (Å²) >= 11 is 0. The summed E-state index contributed by atoms with van der Waals surface area (Å²) in [6.07, 6.45) is -1.19. The van der Waals surface area contributed by atoms with Crippen molar-refractivity contribution >= 4 is 17.6 Å². The molecule has 8 heteroatoms. The molecule has 0 aromatic rings. The first-order valence-corrected chi connectivity index (χ1v) is 5.34. The van der Waals surface area contributed by atoms with Crippen LogP contribution >= 0.6 is 0 Å². The first-order chi connectivity index (χ1) is 8.58. The number of ether oxygens (including phenoxy) is 2. The number of nitrogens with one attached hydrogen (secondary N) is 1. The second-order valence-corrected chi connectivity index (χ2v) is 3.70. The Morgan fingerprint density at radius 1 is 1.61 bits per heavy atom. The van der Waals surface area contributed by atoms with E-state index in [0.717, 1.165) is 0 Å². The van der Waals surface area contributed by atoms with Crippen molar-refractivity contribution in [3.63, 3.8) is 0 Å². The quantitative estimate of drug-likeness (QED) is 0.607. The Bertz CT molecular complexity index is 343. The van der Waals surface area contributed by atoms with Crippen molar-refractivity contribution in [2.24, 2.45) is 5.16 Å². The van der Waals surface area contributed by atoms with Crippen LogP contribution in [0.25, 0.3) is 0 Å². The molecule has 18 heavy (non-hydrogen) atoms. The van der Waals surface area contributed by atoms with E-state index < -0.39 is 18.0 Å². The van der Waals surface area contributed by atoms with Crippen LogP contribution in [-0.4, -0.2) is 62.3 Å². The van der Waals surface area contributed by atoms with Crippen LogP contribution in [0, 0.1) is 0 Å². The molecule has 0 saturated heterocycles. The summed E-state index contributed by atoms with van der Waals surface area (Å²) in [5, 5.41) is 14.6. The van der Waals surface area contributed by atoms with Crippen LogP contribution in [0.1, 0.15) is 6.42 Å². The number of carboxylic acids is 1. The van der Waals surface area contributed by atoms with Gasteiger partial charge in [0, 0.05) is 27.2 Å². The maximum absolute atomic E-state index is 11.6. The minimum Gasteiger partial charge on any atom is -0.477 e. The predicted molar refractivity (Wildman–Crippen MR) is 60.2 cm³/mol. The number of carbonyl (C=O) groups is 2. The van der Waals surface area contributed by atoms with Gasteiger partial charge in [-0.1, -0.05) is 5.16 Å². The summed E-state index contributed by atoms with van der Waals surface area (Å²) in [4.78, 5) is 27.0. The maximum Gasteiger partial charge on any atom is 0.353 e. The molecular formula is C10H16N2O6. The fraction of sp³-hybridized carbons (Fsp3) is 0.700. The molecule has 2 N–H and O–H groups in total. The molecule has 8 nitrogen and oxygen atoms in total. The second kappa shape index (κ2) is 6.92. The highest BCUT2D eigenvalue weighted by molar-refractivity contribution is 6.36. The Morgan fingerprint density at radius 2 is 2.33 bits per heavy atom. The zero-order chi connectivity index (χ0) is 13.5. The van der Waals surface area contributed by atoms with E-state index in [9.17, 15) is 9.59 Å². The molecule has 0 aromatic heterocycles. The molecule has 1 aliphatic rings. The molecule has 1 amide bonds. The van der Waals surface area contributed by atoms with Crippen LogP contribution in [0.2, 0.25) is 0 Å². The first kappa shape index (κ1) is 14.4. The van der Waals surface area contributed by atoms with Crippen molar-refractivity contribution in [3.05, 3.63) is 0 Å². The summed E-state index contributed by atoms with van der Waals surface area (Å²) in [6.45, 7) is 0.602. The number of aliphatic carboxylic acids is 1. The number of nitrogens with zero attached hydrogens (tertiary/aromatic N) is 1. The zero-order valence-electron chi connectivity index (χ0n) is 10.2. The first-order valence-electron chi connectivity index (χ1n) is 5.34. The lowest BCUT2D eigenvalue weighted by molar-refractivity contribution is -0.132. The molecule has 0 aliphatic carbocycles. The molecule has 1 rings (SSSR count). The van der Waals surface area contributed by atoms with E-state index in [0.29, 0.717) is 6.61 Å². The number of amides is 1. The fourth-order valence-electron chi connectivity index (χ4n) is 1.37. The molecule has 0 radical (unpaired) electrons. The Kier molecular flexibility index (Phi) is 5.53. The summed E-state index contributed by atoms with van der Waals surface area (Å²) in [6, 6.07) is 0. The number of rotatable bonds is 7. The SMILES string of the molecule is COCC(CNC(=O)C1CC(C(=O)O)=NO1)OC. The topological polar surface area (TPSA) is 106 Å². The van der Waals surface area contributed by atoms with Crippen LogP contribution in [0.5, 0.6) is 0 Å². The van der Waals surface area contributed by atoms with Gasteiger partial charge in [-0.25, -0.2) is 4.79 Å². The lowest BCUT2D eigenvalue weighted by Gasteiger charge is -2.16. The molecule has 2 atom stereocenters. The van der Waals surface area contributed by atoms with Crippen LogP contribution in [-0.2, 0) is 23.9 Å². The Morgan fingerprint density at radius 3 is 2.83 bits per heavy atom. The van der Waals surface area contributed by atoms with Crippen LogP contribution < -0.4 is 5.32 Å². The van der Waals surface area contributed by atoms with Gasteiger partial charge in [-0.15, -0.1) is 0 Å². The highest BCUT2D eigenvalue weighted by atomic mass is 16.6. The Balaban J connectivity index is 2.33. The van der Waals surface area contributed by atoms with Gasteiger partial charge in [-0.3, -0.25) is 4.79 Å². The highest BCUT2D eigenvalue weighted by Crippen LogP contribution is 2.10. The van der Waals surface area contributed by atoms with Crippen molar-refractivity contribution in [2.75, 3.05) is 27.4 Å². The average Bonchev–Trinajstić information content (AvgIpc) is 2.83. The summed E-state index contributed by atoms with van der Waals surface area (Å²) in [5.41, 5.74) is -0.157. The summed E-state index contributed by atoms with van der Waals surface area (Å²) in [5.74, 6) is -1.60. The summed E-state index contributed by atoms with van der Waals surface area (Å²) < 4.78 is 9.95. The molecule has 0 saturated carbocycles. The van der Waals surface area contributed by atoms with E-state index in [1.165, 1.54) is 14.2 Å². The molecule has 0 bridgehead atoms. The smallest absolute Gasteiger partial charge is 0.353 e. The number of oxime groups is 1. The monoisotopic (exact) mass is 260 g/mol. The van der Waals surface area contributed by atoms with E-state index >= 15 is 0 Å². The average molecular weight is 260 g/mol. The largest absolute Gasteiger partial charge is 0.477 e. The molecular weight excluding hydrogens is 244 g/mol. The van der Waals surface area contributed by atoms with Gasteiger partial charge in [0.05, 0.1) is 12.7 Å². The van der Waals surface area contributed by atoms with Gasteiger partial charge in [0.25, 0.3) is 5.91 Å². The third kappa shape index (κ3) is 3.97. The van der Waals surface area contributed by atoms with E-state index in [2.05, 4.69) is 10.5 Å². The van der Waals surface area contributed by atoms with E-state index in [1.807, 2.05) is 0 Å². The zero-order valence-corrected chi connectivity index (χ0v) is 10.2. The van der Waals surface area contributed by atoms with Gasteiger partial charge in [0.15, 0.2) is 5.71 Å². The minimum atomic E-state index is -1.18. The van der Waals surface area contributed by atoms with E-state index in [1.54, 1.807) is 0 Å². The van der Waals surface area contributed by atoms with Crippen molar-refractivity contribution in [3.8, 4) is 0 Å². The molecule has 0 spiro atoms. The van der Waals surface area contributed by atoms with Gasteiger partial charge >= 0.3 is 5.97 Å². The number of hydrogen-bond acceptors (Lipinski definition) is 6. The van der Waals surface area contributed by atoms with Crippen LogP contribution in [0.15, 0.2) is 5.16 Å². The molecule has 0 fully saturated rings. The second-order valence-electron chi connectivity index (χ2n) is 3.70. The molecule has 0 aromatic carbocycles. The number of carbonyl (C=O) groups excluding carboxylic acids is 1. The van der Waals surface area contributed by atoms with Gasteiger partial charge < -0.3 is 24.7 Å². The van der Waals surface area contributed by atoms with Gasteiger partial charge in [-0.05, 0) is 0 Å². The van der Waals surface area contributed by atoms with E-state index in [-0.39, 0.29) is 24.8 Å². The molecule has 1 heterocycles. The van der Waals surface area contributed by atoms with Crippen molar-refractivity contribution in [1.82, 2.24) is 5.32 Å². The fourth-order valence-corrected chi connectivity index (χ4v) is 1.37. The predicted octanol–water partition coefficient (Wildman–Crippen LogP) is -1.01. The van der Waals surface area contributed by atoms with Gasteiger partial charge in [0.2, 0.25) is 6.10 Å². The van der Waals surface area contributed by atoms with Crippen molar-refractivity contribution in [1.29, 1.82) is 0 Å². The maximum atomic E-state index is 11.6. The lowest BCUT2D eigenvalue weighted by Crippen LogP contribution is -2.41. The van der Waals surface area contributed by atoms with Crippen LogP contribution in [0.3, 0.4) is 0 Å². The standard InChI is InChI=1S/C10H16N2O6/c1-16-5-6(17-2)4-11-9(13)8-3-7(10(14)15)12-18-8/h6,8H,3-5H2,1-2H3,(H,11,13)(H,14,15). The molecule has 2 unspecified atom stereocenters.